The van der Waals surface area contributed by atoms with E-state index in [4.69, 9.17) is 16.3 Å². The van der Waals surface area contributed by atoms with E-state index >= 15 is 0 Å². The van der Waals surface area contributed by atoms with Crippen molar-refractivity contribution < 1.29 is 14.3 Å². The van der Waals surface area contributed by atoms with Crippen LogP contribution in [-0.2, 0) is 16.0 Å². The Bertz CT molecular complexity index is 924. The summed E-state index contributed by atoms with van der Waals surface area (Å²) in [7, 11) is 0. The maximum Gasteiger partial charge on any atom is 0.262 e. The molecule has 154 valence electrons. The third-order valence-electron chi connectivity index (χ3n) is 5.56. The van der Waals surface area contributed by atoms with Crippen molar-refractivity contribution in [1.82, 2.24) is 10.6 Å². The number of amides is 2. The van der Waals surface area contributed by atoms with Gasteiger partial charge in [-0.2, -0.15) is 0 Å². The maximum absolute atomic E-state index is 13.2. The van der Waals surface area contributed by atoms with Gasteiger partial charge in [0.2, 0.25) is 0 Å². The molecule has 4 rings (SSSR count). The molecule has 2 atom stereocenters. The highest BCUT2D eigenvalue weighted by molar-refractivity contribution is 7.18. The fraction of sp³-hybridized carbons (Fsp3) is 0.429. The van der Waals surface area contributed by atoms with Crippen LogP contribution in [0, 0.1) is 0 Å². The minimum absolute atomic E-state index is 0.148. The number of benzene rings is 1. The van der Waals surface area contributed by atoms with Gasteiger partial charge >= 0.3 is 0 Å². The number of hydrogen-bond acceptors (Lipinski definition) is 5. The Balaban J connectivity index is 1.52. The van der Waals surface area contributed by atoms with Crippen molar-refractivity contribution in [2.75, 3.05) is 31.6 Å². The summed E-state index contributed by atoms with van der Waals surface area (Å²) in [6, 6.07) is 9.40. The quantitative estimate of drug-likeness (QED) is 0.691. The molecule has 0 aliphatic carbocycles. The van der Waals surface area contributed by atoms with Gasteiger partial charge in [-0.05, 0) is 54.3 Å². The highest BCUT2D eigenvalue weighted by Crippen LogP contribution is 2.28. The molecular formula is C21H24ClN3O3S. The van der Waals surface area contributed by atoms with Gasteiger partial charge in [-0.25, -0.2) is 0 Å². The number of rotatable bonds is 4. The second-order valence-electron chi connectivity index (χ2n) is 7.67. The van der Waals surface area contributed by atoms with Crippen molar-refractivity contribution in [3.05, 3.63) is 50.7 Å². The van der Waals surface area contributed by atoms with Crippen molar-refractivity contribution in [2.24, 2.45) is 0 Å². The summed E-state index contributed by atoms with van der Waals surface area (Å²) in [5, 5.41) is 9.32. The Kier molecular flexibility index (Phi) is 5.92. The lowest BCUT2D eigenvalue weighted by molar-refractivity contribution is -0.122. The molecule has 3 N–H and O–H groups in total. The number of carbonyl (C=O) groups excluding carboxylic acids is 2. The third kappa shape index (κ3) is 4.33. The SMILES string of the molecule is C[C@H]1CNCCc2cc(NC(=O)[C@]3(NC(=O)c4ccc(Cl)s4)CCOC3)ccc21. The second kappa shape index (κ2) is 8.44. The van der Waals surface area contributed by atoms with Gasteiger partial charge in [0.1, 0.15) is 5.54 Å². The van der Waals surface area contributed by atoms with Crippen LogP contribution < -0.4 is 16.0 Å². The molecule has 1 fully saturated rings. The molecule has 0 bridgehead atoms. The number of nitrogens with one attached hydrogen (secondary N) is 3. The zero-order valence-electron chi connectivity index (χ0n) is 16.2. The van der Waals surface area contributed by atoms with E-state index in [1.54, 1.807) is 12.1 Å². The Morgan fingerprint density at radius 3 is 2.90 bits per heavy atom. The van der Waals surface area contributed by atoms with Crippen molar-refractivity contribution >= 4 is 40.4 Å². The first-order valence-corrected chi connectivity index (χ1v) is 11.0. The van der Waals surface area contributed by atoms with Crippen molar-refractivity contribution in [3.8, 4) is 0 Å². The van der Waals surface area contributed by atoms with Crippen LogP contribution >= 0.6 is 22.9 Å². The van der Waals surface area contributed by atoms with E-state index in [2.05, 4.69) is 28.9 Å². The van der Waals surface area contributed by atoms with Crippen LogP contribution in [0.4, 0.5) is 5.69 Å². The van der Waals surface area contributed by atoms with Crippen LogP contribution in [0.25, 0.3) is 0 Å². The van der Waals surface area contributed by atoms with Crippen molar-refractivity contribution in [2.45, 2.75) is 31.2 Å². The van der Waals surface area contributed by atoms with Crippen LogP contribution in [0.15, 0.2) is 30.3 Å². The standard InChI is InChI=1S/C21H24ClN3O3S/c1-13-11-23-8-6-14-10-15(2-3-16(13)14)24-20(27)21(7-9-28-12-21)25-19(26)17-4-5-18(22)29-17/h2-5,10,13,23H,6-9,11-12H2,1H3,(H,24,27)(H,25,26)/t13-,21-/m0/s1. The fourth-order valence-corrected chi connectivity index (χ4v) is 4.84. The maximum atomic E-state index is 13.2. The molecular weight excluding hydrogens is 410 g/mol. The van der Waals surface area contributed by atoms with E-state index in [-0.39, 0.29) is 18.4 Å². The van der Waals surface area contributed by atoms with Crippen LogP contribution in [0.3, 0.4) is 0 Å². The minimum atomic E-state index is -1.09. The third-order valence-corrected chi connectivity index (χ3v) is 6.79. The number of hydrogen-bond donors (Lipinski definition) is 3. The molecule has 1 saturated heterocycles. The smallest absolute Gasteiger partial charge is 0.262 e. The predicted octanol–water partition coefficient (Wildman–Crippen LogP) is 3.18. The number of carbonyl (C=O) groups is 2. The van der Waals surface area contributed by atoms with Crippen LogP contribution in [0.5, 0.6) is 0 Å². The van der Waals surface area contributed by atoms with Crippen LogP contribution in [-0.4, -0.2) is 43.7 Å². The lowest BCUT2D eigenvalue weighted by atomic mass is 9.94. The molecule has 2 aliphatic rings. The number of ether oxygens (including phenoxy) is 1. The van der Waals surface area contributed by atoms with E-state index < -0.39 is 5.54 Å². The molecule has 3 heterocycles. The summed E-state index contributed by atoms with van der Waals surface area (Å²) in [5.41, 5.74) is 2.21. The van der Waals surface area contributed by atoms with Gasteiger partial charge in [-0.15, -0.1) is 11.3 Å². The van der Waals surface area contributed by atoms with Crippen LogP contribution in [0.1, 0.15) is 40.1 Å². The van der Waals surface area contributed by atoms with Gasteiger partial charge in [-0.3, -0.25) is 9.59 Å². The zero-order chi connectivity index (χ0) is 20.4. The van der Waals surface area contributed by atoms with Gasteiger partial charge < -0.3 is 20.7 Å². The van der Waals surface area contributed by atoms with Gasteiger partial charge in [0.25, 0.3) is 11.8 Å². The zero-order valence-corrected chi connectivity index (χ0v) is 17.8. The number of fused-ring (bicyclic) bond motifs is 1. The lowest BCUT2D eigenvalue weighted by Crippen LogP contribution is -2.57. The average Bonchev–Trinajstić information content (AvgIpc) is 3.31. The Morgan fingerprint density at radius 2 is 2.17 bits per heavy atom. The highest BCUT2D eigenvalue weighted by Gasteiger charge is 2.44. The number of thiophene rings is 1. The molecule has 0 unspecified atom stereocenters. The van der Waals surface area contributed by atoms with E-state index in [1.165, 1.54) is 22.5 Å². The van der Waals surface area contributed by atoms with Gasteiger partial charge in [0, 0.05) is 25.3 Å². The average molecular weight is 434 g/mol. The minimum Gasteiger partial charge on any atom is -0.378 e. The summed E-state index contributed by atoms with van der Waals surface area (Å²) in [6.07, 6.45) is 1.35. The number of anilines is 1. The molecule has 29 heavy (non-hydrogen) atoms. The van der Waals surface area contributed by atoms with Gasteiger partial charge in [0.05, 0.1) is 15.8 Å². The van der Waals surface area contributed by atoms with E-state index in [0.29, 0.717) is 28.2 Å². The van der Waals surface area contributed by atoms with Crippen LogP contribution in [0.2, 0.25) is 4.34 Å². The van der Waals surface area contributed by atoms with Crippen molar-refractivity contribution in [3.63, 3.8) is 0 Å². The molecule has 2 aromatic rings. The molecule has 0 spiro atoms. The topological polar surface area (TPSA) is 79.5 Å². The monoisotopic (exact) mass is 433 g/mol. The Morgan fingerprint density at radius 1 is 1.31 bits per heavy atom. The van der Waals surface area contributed by atoms with Gasteiger partial charge in [0.15, 0.2) is 0 Å². The highest BCUT2D eigenvalue weighted by atomic mass is 35.5. The predicted molar refractivity (Wildman–Crippen MR) is 115 cm³/mol. The number of halogens is 1. The molecule has 2 aliphatic heterocycles. The summed E-state index contributed by atoms with van der Waals surface area (Å²) >= 11 is 7.12. The Hall–Kier alpha value is -1.93. The largest absolute Gasteiger partial charge is 0.378 e. The molecule has 2 amide bonds. The first kappa shape index (κ1) is 20.3. The normalized spacial score (nSPS) is 23.9. The second-order valence-corrected chi connectivity index (χ2v) is 9.38. The molecule has 1 aromatic carbocycles. The molecule has 0 saturated carbocycles. The van der Waals surface area contributed by atoms with E-state index in [0.717, 1.165) is 25.2 Å². The summed E-state index contributed by atoms with van der Waals surface area (Å²) in [5.74, 6) is -0.140. The molecule has 0 radical (unpaired) electrons. The summed E-state index contributed by atoms with van der Waals surface area (Å²) in [6.45, 7) is 4.65. The van der Waals surface area contributed by atoms with Gasteiger partial charge in [-0.1, -0.05) is 24.6 Å². The molecule has 8 heteroatoms. The molecule has 6 nitrogen and oxygen atoms in total. The van der Waals surface area contributed by atoms with E-state index in [9.17, 15) is 9.59 Å². The van der Waals surface area contributed by atoms with Crippen molar-refractivity contribution in [1.29, 1.82) is 0 Å². The summed E-state index contributed by atoms with van der Waals surface area (Å²) < 4.78 is 6.01. The Labute approximate surface area is 179 Å². The molecule has 1 aromatic heterocycles. The first-order chi connectivity index (χ1) is 14.0. The fourth-order valence-electron chi connectivity index (χ4n) is 3.90. The first-order valence-electron chi connectivity index (χ1n) is 9.77. The summed E-state index contributed by atoms with van der Waals surface area (Å²) in [4.78, 5) is 26.3. The lowest BCUT2D eigenvalue weighted by Gasteiger charge is -2.27. The van der Waals surface area contributed by atoms with E-state index in [1.807, 2.05) is 12.1 Å².